The van der Waals surface area contributed by atoms with Crippen LogP contribution in [0.1, 0.15) is 26.2 Å². The van der Waals surface area contributed by atoms with Crippen LogP contribution in [-0.4, -0.2) is 16.8 Å². The first-order chi connectivity index (χ1) is 8.13. The molecule has 0 aliphatic carbocycles. The number of aliphatic carboxylic acids is 1. The standard InChI is InChI=1S/C13H17ClO2S/c1-2-3-5-10(13(15)16)9-17-12-7-4-6-11(14)8-12/h4,6-8,10H,2-3,5,9H2,1H3,(H,15,16). The molecule has 4 heteroatoms. The Hall–Kier alpha value is -0.670. The number of rotatable bonds is 7. The van der Waals surface area contributed by atoms with Crippen molar-refractivity contribution in [3.05, 3.63) is 29.3 Å². The summed E-state index contributed by atoms with van der Waals surface area (Å²) in [6, 6.07) is 7.52. The third-order valence-corrected chi connectivity index (χ3v) is 3.89. The van der Waals surface area contributed by atoms with Crippen molar-refractivity contribution in [3.63, 3.8) is 0 Å². The monoisotopic (exact) mass is 272 g/mol. The van der Waals surface area contributed by atoms with E-state index in [4.69, 9.17) is 16.7 Å². The minimum atomic E-state index is -0.701. The van der Waals surface area contributed by atoms with Crippen molar-refractivity contribution in [2.24, 2.45) is 5.92 Å². The summed E-state index contributed by atoms with van der Waals surface area (Å²) in [6.45, 7) is 2.07. The smallest absolute Gasteiger partial charge is 0.307 e. The number of carbonyl (C=O) groups is 1. The maximum Gasteiger partial charge on any atom is 0.307 e. The van der Waals surface area contributed by atoms with E-state index in [2.05, 4.69) is 6.92 Å². The lowest BCUT2D eigenvalue weighted by Gasteiger charge is -2.11. The highest BCUT2D eigenvalue weighted by molar-refractivity contribution is 7.99. The third-order valence-electron chi connectivity index (χ3n) is 2.50. The van der Waals surface area contributed by atoms with Crippen molar-refractivity contribution in [2.75, 3.05) is 5.75 Å². The fourth-order valence-corrected chi connectivity index (χ4v) is 2.83. The molecule has 1 rings (SSSR count). The molecule has 17 heavy (non-hydrogen) atoms. The maximum atomic E-state index is 11.1. The third kappa shape index (κ3) is 5.46. The van der Waals surface area contributed by atoms with Crippen LogP contribution in [0, 0.1) is 5.92 Å². The van der Waals surface area contributed by atoms with E-state index in [-0.39, 0.29) is 5.92 Å². The molecule has 0 spiro atoms. The Morgan fingerprint density at radius 1 is 1.53 bits per heavy atom. The van der Waals surface area contributed by atoms with Gasteiger partial charge in [0.1, 0.15) is 0 Å². The second-order valence-electron chi connectivity index (χ2n) is 3.95. The Bertz CT molecular complexity index is 368. The first-order valence-electron chi connectivity index (χ1n) is 5.74. The summed E-state index contributed by atoms with van der Waals surface area (Å²) in [5.41, 5.74) is 0. The predicted octanol–water partition coefficient (Wildman–Crippen LogP) is 4.32. The van der Waals surface area contributed by atoms with Crippen LogP contribution >= 0.6 is 23.4 Å². The molecule has 0 aliphatic rings. The zero-order valence-electron chi connectivity index (χ0n) is 9.86. The molecule has 2 nitrogen and oxygen atoms in total. The van der Waals surface area contributed by atoms with E-state index in [0.29, 0.717) is 10.8 Å². The molecule has 0 fully saturated rings. The van der Waals surface area contributed by atoms with E-state index in [1.165, 1.54) is 0 Å². The second kappa shape index (κ2) is 7.62. The molecule has 0 radical (unpaired) electrons. The minimum Gasteiger partial charge on any atom is -0.481 e. The van der Waals surface area contributed by atoms with Crippen LogP contribution in [-0.2, 0) is 4.79 Å². The zero-order valence-corrected chi connectivity index (χ0v) is 11.4. The molecule has 1 aromatic carbocycles. The van der Waals surface area contributed by atoms with Crippen molar-refractivity contribution >= 4 is 29.3 Å². The molecule has 94 valence electrons. The normalized spacial score (nSPS) is 12.4. The van der Waals surface area contributed by atoms with Crippen LogP contribution in [0.2, 0.25) is 5.02 Å². The summed E-state index contributed by atoms with van der Waals surface area (Å²) in [4.78, 5) is 12.1. The minimum absolute atomic E-state index is 0.265. The predicted molar refractivity (Wildman–Crippen MR) is 72.8 cm³/mol. The van der Waals surface area contributed by atoms with E-state index in [1.807, 2.05) is 24.3 Å². The molecule has 1 N–H and O–H groups in total. The summed E-state index contributed by atoms with van der Waals surface area (Å²) in [6.07, 6.45) is 2.75. The van der Waals surface area contributed by atoms with Gasteiger partial charge in [-0.3, -0.25) is 4.79 Å². The number of thioether (sulfide) groups is 1. The Kier molecular flexibility index (Phi) is 6.45. The molecular formula is C13H17ClO2S. The number of carboxylic acids is 1. The molecule has 0 amide bonds. The first kappa shape index (κ1) is 14.4. The van der Waals surface area contributed by atoms with Gasteiger partial charge in [-0.25, -0.2) is 0 Å². The van der Waals surface area contributed by atoms with Crippen molar-refractivity contribution < 1.29 is 9.90 Å². The molecule has 0 aromatic heterocycles. The number of halogens is 1. The molecule has 0 saturated carbocycles. The van der Waals surface area contributed by atoms with Crippen LogP contribution in [0.5, 0.6) is 0 Å². The van der Waals surface area contributed by atoms with Gasteiger partial charge in [0.2, 0.25) is 0 Å². The van der Waals surface area contributed by atoms with Gasteiger partial charge in [-0.05, 0) is 24.6 Å². The van der Waals surface area contributed by atoms with E-state index in [0.717, 1.165) is 24.2 Å². The topological polar surface area (TPSA) is 37.3 Å². The highest BCUT2D eigenvalue weighted by Crippen LogP contribution is 2.25. The highest BCUT2D eigenvalue weighted by atomic mass is 35.5. The molecule has 1 atom stereocenters. The van der Waals surface area contributed by atoms with Gasteiger partial charge in [0.05, 0.1) is 5.92 Å². The van der Waals surface area contributed by atoms with Gasteiger partial charge in [-0.15, -0.1) is 11.8 Å². The first-order valence-corrected chi connectivity index (χ1v) is 7.11. The highest BCUT2D eigenvalue weighted by Gasteiger charge is 2.16. The Labute approximate surface area is 111 Å². The Balaban J connectivity index is 2.48. The van der Waals surface area contributed by atoms with Crippen molar-refractivity contribution in [1.29, 1.82) is 0 Å². The number of unbranched alkanes of at least 4 members (excludes halogenated alkanes) is 1. The lowest BCUT2D eigenvalue weighted by Crippen LogP contribution is -2.16. The second-order valence-corrected chi connectivity index (χ2v) is 5.48. The fraction of sp³-hybridized carbons (Fsp3) is 0.462. The summed E-state index contributed by atoms with van der Waals surface area (Å²) < 4.78 is 0. The summed E-state index contributed by atoms with van der Waals surface area (Å²) >= 11 is 7.43. The van der Waals surface area contributed by atoms with Gasteiger partial charge in [-0.2, -0.15) is 0 Å². The quantitative estimate of drug-likeness (QED) is 0.751. The summed E-state index contributed by atoms with van der Waals surface area (Å²) in [5, 5.41) is 9.78. The maximum absolute atomic E-state index is 11.1. The van der Waals surface area contributed by atoms with Gasteiger partial charge in [0.25, 0.3) is 0 Å². The summed E-state index contributed by atoms with van der Waals surface area (Å²) in [7, 11) is 0. The van der Waals surface area contributed by atoms with Crippen molar-refractivity contribution in [1.82, 2.24) is 0 Å². The number of carboxylic acid groups (broad SMARTS) is 1. The Morgan fingerprint density at radius 3 is 2.88 bits per heavy atom. The largest absolute Gasteiger partial charge is 0.481 e. The molecule has 0 aliphatic heterocycles. The molecule has 1 unspecified atom stereocenters. The lowest BCUT2D eigenvalue weighted by atomic mass is 10.1. The van der Waals surface area contributed by atoms with Gasteiger partial charge < -0.3 is 5.11 Å². The molecule has 0 heterocycles. The van der Waals surface area contributed by atoms with E-state index < -0.39 is 5.97 Å². The van der Waals surface area contributed by atoms with E-state index in [9.17, 15) is 4.79 Å². The van der Waals surface area contributed by atoms with Crippen molar-refractivity contribution in [2.45, 2.75) is 31.1 Å². The van der Waals surface area contributed by atoms with Crippen LogP contribution in [0.3, 0.4) is 0 Å². The molecule has 0 bridgehead atoms. The van der Waals surface area contributed by atoms with Crippen LogP contribution in [0.4, 0.5) is 0 Å². The van der Waals surface area contributed by atoms with Gasteiger partial charge >= 0.3 is 5.97 Å². The van der Waals surface area contributed by atoms with Crippen LogP contribution in [0.25, 0.3) is 0 Å². The molecule has 1 aromatic rings. The van der Waals surface area contributed by atoms with Gasteiger partial charge in [-0.1, -0.05) is 37.4 Å². The van der Waals surface area contributed by atoms with Gasteiger partial charge in [0, 0.05) is 15.7 Å². The average Bonchev–Trinajstić information content (AvgIpc) is 2.28. The van der Waals surface area contributed by atoms with Crippen LogP contribution < -0.4 is 0 Å². The molecule has 0 saturated heterocycles. The number of benzene rings is 1. The van der Waals surface area contributed by atoms with Gasteiger partial charge in [0.15, 0.2) is 0 Å². The van der Waals surface area contributed by atoms with E-state index in [1.54, 1.807) is 11.8 Å². The number of hydrogen-bond donors (Lipinski definition) is 1. The SMILES string of the molecule is CCCCC(CSc1cccc(Cl)c1)C(=O)O. The lowest BCUT2D eigenvalue weighted by molar-refractivity contribution is -0.141. The van der Waals surface area contributed by atoms with Crippen molar-refractivity contribution in [3.8, 4) is 0 Å². The van der Waals surface area contributed by atoms with Crippen LogP contribution in [0.15, 0.2) is 29.2 Å². The average molecular weight is 273 g/mol. The summed E-state index contributed by atoms with van der Waals surface area (Å²) in [5.74, 6) is -0.359. The number of hydrogen-bond acceptors (Lipinski definition) is 2. The molecular weight excluding hydrogens is 256 g/mol. The fourth-order valence-electron chi connectivity index (χ4n) is 1.48. The Morgan fingerprint density at radius 2 is 2.29 bits per heavy atom. The van der Waals surface area contributed by atoms with E-state index >= 15 is 0 Å². The zero-order chi connectivity index (χ0) is 12.7.